The third kappa shape index (κ3) is 11.8. The second kappa shape index (κ2) is 16.2. The summed E-state index contributed by atoms with van der Waals surface area (Å²) in [5, 5.41) is 9.99. The van der Waals surface area contributed by atoms with Crippen LogP contribution in [0, 0.1) is 5.41 Å². The summed E-state index contributed by atoms with van der Waals surface area (Å²) >= 11 is 0. The molecule has 1 aliphatic rings. The number of alkyl carbamates (subject to hydrolysis) is 1. The minimum atomic E-state index is -1.08. The number of nitrogens with zero attached hydrogens (tertiary/aromatic N) is 2. The third-order valence-corrected chi connectivity index (χ3v) is 7.11. The van der Waals surface area contributed by atoms with Gasteiger partial charge in [0.25, 0.3) is 5.91 Å². The maximum absolute atomic E-state index is 13.5. The molecule has 14 heteroatoms. The van der Waals surface area contributed by atoms with Crippen LogP contribution in [0.4, 0.5) is 4.79 Å². The van der Waals surface area contributed by atoms with E-state index in [4.69, 9.17) is 4.74 Å². The summed E-state index contributed by atoms with van der Waals surface area (Å²) in [4.78, 5) is 91.6. The van der Waals surface area contributed by atoms with Crippen molar-refractivity contribution in [1.29, 1.82) is 0 Å². The van der Waals surface area contributed by atoms with Crippen LogP contribution < -0.4 is 21.3 Å². The van der Waals surface area contributed by atoms with E-state index in [2.05, 4.69) is 21.3 Å². The van der Waals surface area contributed by atoms with E-state index in [9.17, 15) is 33.6 Å². The molecule has 1 saturated heterocycles. The Morgan fingerprint density at radius 3 is 2.11 bits per heavy atom. The number of nitrogens with one attached hydrogen (secondary N) is 4. The van der Waals surface area contributed by atoms with Gasteiger partial charge in [-0.15, -0.1) is 0 Å². The van der Waals surface area contributed by atoms with Gasteiger partial charge >= 0.3 is 6.09 Å². The van der Waals surface area contributed by atoms with Gasteiger partial charge in [0.05, 0.1) is 25.6 Å². The fourth-order valence-corrected chi connectivity index (χ4v) is 4.71. The molecule has 0 bridgehead atoms. The van der Waals surface area contributed by atoms with E-state index in [1.54, 1.807) is 86.0 Å². The quantitative estimate of drug-likeness (QED) is 0.244. The first-order valence-electron chi connectivity index (χ1n) is 15.2. The lowest BCUT2D eigenvalue weighted by atomic mass is 9.85. The van der Waals surface area contributed by atoms with Crippen LogP contribution in [-0.2, 0) is 33.5 Å². The maximum Gasteiger partial charge on any atom is 0.408 e. The monoisotopic (exact) mass is 644 g/mol. The first kappa shape index (κ1) is 37.7. The number of benzene rings is 1. The van der Waals surface area contributed by atoms with Crippen LogP contribution in [0.1, 0.15) is 72.4 Å². The zero-order chi connectivity index (χ0) is 34.8. The van der Waals surface area contributed by atoms with E-state index in [-0.39, 0.29) is 18.9 Å². The van der Waals surface area contributed by atoms with Crippen LogP contribution in [0.3, 0.4) is 0 Å². The lowest BCUT2D eigenvalue weighted by Crippen LogP contribution is -2.58. The molecule has 4 N–H and O–H groups in total. The largest absolute Gasteiger partial charge is 0.444 e. The van der Waals surface area contributed by atoms with Gasteiger partial charge in [-0.2, -0.15) is 0 Å². The number of Topliss-reactive ketones (excluding diaryl/α,β-unsaturated/α-hetero) is 1. The standard InChI is InChI=1S/C32H48N6O8/c1-31(2,3)26(36-30(45)46-32(4,5)6)29(44)38-16-12-15-22(38)27(42)33-18-23(39)28(43)34-19-24(40)35-21(17-25(41)37(7)8)20-13-10-9-11-14-20/h9-11,13-14,21-22,26H,12,15-19H2,1-8H3,(H,33,42)(H,34,43)(H,35,40)(H,36,45). The Morgan fingerprint density at radius 2 is 1.54 bits per heavy atom. The highest BCUT2D eigenvalue weighted by molar-refractivity contribution is 6.37. The minimum absolute atomic E-state index is 0.00405. The van der Waals surface area contributed by atoms with Crippen LogP contribution in [0.15, 0.2) is 30.3 Å². The molecule has 2 rings (SSSR count). The van der Waals surface area contributed by atoms with Crippen molar-refractivity contribution in [1.82, 2.24) is 31.1 Å². The lowest BCUT2D eigenvalue weighted by molar-refractivity contribution is -0.142. The van der Waals surface area contributed by atoms with Crippen LogP contribution in [-0.4, -0.2) is 103 Å². The molecule has 1 heterocycles. The van der Waals surface area contributed by atoms with Gasteiger partial charge < -0.3 is 35.8 Å². The third-order valence-electron chi connectivity index (χ3n) is 7.11. The van der Waals surface area contributed by atoms with Crippen LogP contribution in [0.25, 0.3) is 0 Å². The van der Waals surface area contributed by atoms with Crippen molar-refractivity contribution in [3.05, 3.63) is 35.9 Å². The van der Waals surface area contributed by atoms with E-state index in [1.165, 1.54) is 9.80 Å². The number of ketones is 1. The minimum Gasteiger partial charge on any atom is -0.444 e. The SMILES string of the molecule is CN(C)C(=O)CC(NC(=O)CNC(=O)C(=O)CNC(=O)C1CCCN1C(=O)C(NC(=O)OC(C)(C)C)C(C)(C)C)c1ccccc1. The van der Waals surface area contributed by atoms with Crippen molar-refractivity contribution < 1.29 is 38.3 Å². The van der Waals surface area contributed by atoms with E-state index in [0.29, 0.717) is 18.4 Å². The van der Waals surface area contributed by atoms with Gasteiger partial charge in [-0.3, -0.25) is 28.8 Å². The molecule has 1 aromatic rings. The summed E-state index contributed by atoms with van der Waals surface area (Å²) in [6.45, 7) is 9.55. The zero-order valence-electron chi connectivity index (χ0n) is 28.0. The first-order valence-corrected chi connectivity index (χ1v) is 15.2. The second-order valence-electron chi connectivity index (χ2n) is 13.5. The summed E-state index contributed by atoms with van der Waals surface area (Å²) in [5.74, 6) is -3.97. The number of hydrogen-bond donors (Lipinski definition) is 4. The maximum atomic E-state index is 13.5. The zero-order valence-corrected chi connectivity index (χ0v) is 28.0. The molecule has 6 amide bonds. The molecule has 1 aliphatic heterocycles. The molecule has 0 aromatic heterocycles. The highest BCUT2D eigenvalue weighted by Crippen LogP contribution is 2.26. The summed E-state index contributed by atoms with van der Waals surface area (Å²) in [6, 6.07) is 6.33. The molecule has 0 aliphatic carbocycles. The molecule has 14 nitrogen and oxygen atoms in total. The fraction of sp³-hybridized carbons (Fsp3) is 0.594. The Hall–Kier alpha value is -4.49. The van der Waals surface area contributed by atoms with Crippen LogP contribution in [0.2, 0.25) is 0 Å². The van der Waals surface area contributed by atoms with E-state index >= 15 is 0 Å². The molecule has 1 fully saturated rings. The molecule has 254 valence electrons. The van der Waals surface area contributed by atoms with E-state index in [1.807, 2.05) is 0 Å². The molecule has 3 unspecified atom stereocenters. The topological polar surface area (TPSA) is 183 Å². The predicted octanol–water partition coefficient (Wildman–Crippen LogP) is 1.05. The lowest BCUT2D eigenvalue weighted by Gasteiger charge is -2.35. The summed E-state index contributed by atoms with van der Waals surface area (Å²) in [6.07, 6.45) is 0.0979. The van der Waals surface area contributed by atoms with Gasteiger partial charge in [-0.1, -0.05) is 51.1 Å². The van der Waals surface area contributed by atoms with Crippen molar-refractivity contribution in [2.45, 2.75) is 84.5 Å². The Labute approximate surface area is 270 Å². The van der Waals surface area contributed by atoms with Crippen molar-refractivity contribution in [3.63, 3.8) is 0 Å². The first-order chi connectivity index (χ1) is 21.3. The number of carbonyl (C=O) groups excluding carboxylic acids is 7. The van der Waals surface area contributed by atoms with Crippen molar-refractivity contribution in [2.75, 3.05) is 33.7 Å². The number of ether oxygens (including phenoxy) is 1. The molecule has 0 spiro atoms. The Bertz CT molecular complexity index is 1290. The van der Waals surface area contributed by atoms with Crippen molar-refractivity contribution in [2.24, 2.45) is 5.41 Å². The number of carbonyl (C=O) groups is 7. The second-order valence-corrected chi connectivity index (χ2v) is 13.5. The smallest absolute Gasteiger partial charge is 0.408 e. The molecule has 1 aromatic carbocycles. The average Bonchev–Trinajstić information content (AvgIpc) is 3.45. The molecule has 0 saturated carbocycles. The molecule has 46 heavy (non-hydrogen) atoms. The summed E-state index contributed by atoms with van der Waals surface area (Å²) < 4.78 is 5.32. The Morgan fingerprint density at radius 1 is 0.913 bits per heavy atom. The molecular weight excluding hydrogens is 596 g/mol. The van der Waals surface area contributed by atoms with Crippen molar-refractivity contribution in [3.8, 4) is 0 Å². The Balaban J connectivity index is 1.94. The summed E-state index contributed by atoms with van der Waals surface area (Å²) in [5.41, 5.74) is -0.781. The predicted molar refractivity (Wildman–Crippen MR) is 169 cm³/mol. The van der Waals surface area contributed by atoms with Gasteiger partial charge in [0.15, 0.2) is 0 Å². The normalized spacial score (nSPS) is 16.0. The number of amides is 6. The van der Waals surface area contributed by atoms with Gasteiger partial charge in [0.1, 0.15) is 17.7 Å². The van der Waals surface area contributed by atoms with Gasteiger partial charge in [0, 0.05) is 20.6 Å². The molecule has 0 radical (unpaired) electrons. The van der Waals surface area contributed by atoms with E-state index in [0.717, 1.165) is 0 Å². The van der Waals surface area contributed by atoms with Gasteiger partial charge in [0.2, 0.25) is 29.4 Å². The fourth-order valence-electron chi connectivity index (χ4n) is 4.71. The van der Waals surface area contributed by atoms with Crippen LogP contribution >= 0.6 is 0 Å². The highest BCUT2D eigenvalue weighted by atomic mass is 16.6. The number of rotatable bonds is 12. The Kier molecular flexibility index (Phi) is 13.3. The van der Waals surface area contributed by atoms with Crippen molar-refractivity contribution >= 4 is 41.4 Å². The average molecular weight is 645 g/mol. The molecular formula is C32H48N6O8. The summed E-state index contributed by atoms with van der Waals surface area (Å²) in [7, 11) is 3.21. The molecule has 3 atom stereocenters. The van der Waals surface area contributed by atoms with Gasteiger partial charge in [-0.25, -0.2) is 4.79 Å². The van der Waals surface area contributed by atoms with E-state index < -0.39 is 77.7 Å². The van der Waals surface area contributed by atoms with Crippen LogP contribution in [0.5, 0.6) is 0 Å². The highest BCUT2D eigenvalue weighted by Gasteiger charge is 2.42. The number of hydrogen-bond acceptors (Lipinski definition) is 8. The number of likely N-dealkylation sites (tertiary alicyclic amines) is 1. The van der Waals surface area contributed by atoms with Gasteiger partial charge in [-0.05, 0) is 44.6 Å².